The third kappa shape index (κ3) is 3.98. The highest BCUT2D eigenvalue weighted by Crippen LogP contribution is 2.11. The molecule has 0 unspecified atom stereocenters. The quantitative estimate of drug-likeness (QED) is 0.766. The van der Waals surface area contributed by atoms with Crippen LogP contribution in [-0.2, 0) is 11.2 Å². The number of carboxylic acid groups (broad SMARTS) is 1. The van der Waals surface area contributed by atoms with Crippen molar-refractivity contribution in [2.45, 2.75) is 26.7 Å². The summed E-state index contributed by atoms with van der Waals surface area (Å²) in [7, 11) is 0. The largest absolute Gasteiger partial charge is 0.478 e. The molecule has 0 bridgehead atoms. The molecule has 15 heavy (non-hydrogen) atoms. The van der Waals surface area contributed by atoms with Gasteiger partial charge in [0.15, 0.2) is 0 Å². The highest BCUT2D eigenvalue weighted by Gasteiger charge is 1.95. The van der Waals surface area contributed by atoms with Gasteiger partial charge in [0.25, 0.3) is 0 Å². The topological polar surface area (TPSA) is 37.3 Å². The number of aryl methyl sites for hydroxylation is 3. The van der Waals surface area contributed by atoms with Crippen LogP contribution >= 0.6 is 0 Å². The van der Waals surface area contributed by atoms with Gasteiger partial charge in [0.05, 0.1) is 0 Å². The standard InChI is InChI=1S/C13H16O2/c1-10-7-8-12(9-11(10)2)5-3-4-6-13(14)15/h4,6-9H,3,5H2,1-2H3,(H,14,15)/b6-4+. The first-order valence-corrected chi connectivity index (χ1v) is 5.05. The molecule has 0 aliphatic carbocycles. The number of carboxylic acids is 1. The van der Waals surface area contributed by atoms with Crippen molar-refractivity contribution in [1.29, 1.82) is 0 Å². The van der Waals surface area contributed by atoms with Crippen LogP contribution in [0.1, 0.15) is 23.1 Å². The van der Waals surface area contributed by atoms with Crippen LogP contribution in [-0.4, -0.2) is 11.1 Å². The van der Waals surface area contributed by atoms with Crippen molar-refractivity contribution in [3.05, 3.63) is 47.0 Å². The van der Waals surface area contributed by atoms with Crippen molar-refractivity contribution >= 4 is 5.97 Å². The lowest BCUT2D eigenvalue weighted by Crippen LogP contribution is -1.89. The van der Waals surface area contributed by atoms with Crippen molar-refractivity contribution in [3.8, 4) is 0 Å². The van der Waals surface area contributed by atoms with Gasteiger partial charge in [-0.25, -0.2) is 4.79 Å². The number of allylic oxidation sites excluding steroid dienone is 1. The lowest BCUT2D eigenvalue weighted by molar-refractivity contribution is -0.131. The van der Waals surface area contributed by atoms with Gasteiger partial charge in [-0.05, 0) is 43.4 Å². The van der Waals surface area contributed by atoms with Crippen molar-refractivity contribution < 1.29 is 9.90 Å². The summed E-state index contributed by atoms with van der Waals surface area (Å²) >= 11 is 0. The zero-order valence-corrected chi connectivity index (χ0v) is 9.16. The van der Waals surface area contributed by atoms with Crippen LogP contribution in [0, 0.1) is 13.8 Å². The Labute approximate surface area is 90.3 Å². The Kier molecular flexibility index (Phi) is 4.10. The highest BCUT2D eigenvalue weighted by molar-refractivity contribution is 5.79. The number of hydrogen-bond donors (Lipinski definition) is 1. The van der Waals surface area contributed by atoms with E-state index in [0.29, 0.717) is 0 Å². The van der Waals surface area contributed by atoms with E-state index in [4.69, 9.17) is 5.11 Å². The molecule has 0 amide bonds. The van der Waals surface area contributed by atoms with E-state index in [1.54, 1.807) is 6.08 Å². The Bertz CT molecular complexity index is 378. The van der Waals surface area contributed by atoms with Crippen molar-refractivity contribution in [2.24, 2.45) is 0 Å². The molecule has 0 aliphatic rings. The minimum Gasteiger partial charge on any atom is -0.478 e. The first-order chi connectivity index (χ1) is 7.09. The van der Waals surface area contributed by atoms with E-state index < -0.39 is 5.97 Å². The summed E-state index contributed by atoms with van der Waals surface area (Å²) < 4.78 is 0. The molecular weight excluding hydrogens is 188 g/mol. The van der Waals surface area contributed by atoms with Crippen molar-refractivity contribution in [3.63, 3.8) is 0 Å². The molecule has 80 valence electrons. The SMILES string of the molecule is Cc1ccc(CC/C=C/C(=O)O)cc1C. The first kappa shape index (κ1) is 11.5. The number of benzene rings is 1. The smallest absolute Gasteiger partial charge is 0.327 e. The van der Waals surface area contributed by atoms with Crippen LogP contribution in [0.2, 0.25) is 0 Å². The molecule has 1 aromatic carbocycles. The molecule has 0 radical (unpaired) electrons. The predicted octanol–water partition coefficient (Wildman–Crippen LogP) is 2.88. The molecular formula is C13H16O2. The van der Waals surface area contributed by atoms with E-state index in [9.17, 15) is 4.79 Å². The van der Waals surface area contributed by atoms with Gasteiger partial charge >= 0.3 is 5.97 Å². The minimum atomic E-state index is -0.880. The van der Waals surface area contributed by atoms with Gasteiger partial charge in [-0.1, -0.05) is 24.3 Å². The van der Waals surface area contributed by atoms with Crippen molar-refractivity contribution in [1.82, 2.24) is 0 Å². The molecule has 0 saturated heterocycles. The lowest BCUT2D eigenvalue weighted by Gasteiger charge is -2.03. The average molecular weight is 204 g/mol. The Hall–Kier alpha value is -1.57. The van der Waals surface area contributed by atoms with Crippen molar-refractivity contribution in [2.75, 3.05) is 0 Å². The van der Waals surface area contributed by atoms with Gasteiger partial charge < -0.3 is 5.11 Å². The van der Waals surface area contributed by atoms with Crippen LogP contribution < -0.4 is 0 Å². The van der Waals surface area contributed by atoms with Gasteiger partial charge in [0.1, 0.15) is 0 Å². The van der Waals surface area contributed by atoms with E-state index >= 15 is 0 Å². The number of aliphatic carboxylic acids is 1. The zero-order chi connectivity index (χ0) is 11.3. The van der Waals surface area contributed by atoms with E-state index in [1.165, 1.54) is 22.8 Å². The minimum absolute atomic E-state index is 0.773. The van der Waals surface area contributed by atoms with Crippen LogP contribution in [0.15, 0.2) is 30.4 Å². The monoisotopic (exact) mass is 204 g/mol. The molecule has 0 aliphatic heterocycles. The second kappa shape index (κ2) is 5.35. The molecule has 1 aromatic rings. The average Bonchev–Trinajstić information content (AvgIpc) is 2.18. The molecule has 0 aromatic heterocycles. The fourth-order valence-corrected chi connectivity index (χ4v) is 1.39. The fraction of sp³-hybridized carbons (Fsp3) is 0.308. The summed E-state index contributed by atoms with van der Waals surface area (Å²) in [5.74, 6) is -0.880. The maximum atomic E-state index is 10.2. The van der Waals surface area contributed by atoms with Gasteiger partial charge in [-0.3, -0.25) is 0 Å². The maximum absolute atomic E-state index is 10.2. The second-order valence-electron chi connectivity index (χ2n) is 3.70. The van der Waals surface area contributed by atoms with Crippen LogP contribution in [0.25, 0.3) is 0 Å². The predicted molar refractivity (Wildman–Crippen MR) is 61.0 cm³/mol. The molecule has 0 saturated carbocycles. The summed E-state index contributed by atoms with van der Waals surface area (Å²) in [6.07, 6.45) is 4.55. The second-order valence-corrected chi connectivity index (χ2v) is 3.70. The molecule has 2 heteroatoms. The van der Waals surface area contributed by atoms with Crippen LogP contribution in [0.5, 0.6) is 0 Å². The molecule has 1 N–H and O–H groups in total. The number of rotatable bonds is 4. The Morgan fingerprint density at radius 3 is 2.67 bits per heavy atom. The molecule has 1 rings (SSSR count). The van der Waals surface area contributed by atoms with Gasteiger partial charge in [-0.15, -0.1) is 0 Å². The zero-order valence-electron chi connectivity index (χ0n) is 9.16. The molecule has 0 fully saturated rings. The molecule has 0 spiro atoms. The third-order valence-electron chi connectivity index (χ3n) is 2.43. The first-order valence-electron chi connectivity index (χ1n) is 5.05. The Morgan fingerprint density at radius 1 is 1.33 bits per heavy atom. The van der Waals surface area contributed by atoms with Crippen LogP contribution in [0.3, 0.4) is 0 Å². The summed E-state index contributed by atoms with van der Waals surface area (Å²) in [4.78, 5) is 10.2. The van der Waals surface area contributed by atoms with Crippen LogP contribution in [0.4, 0.5) is 0 Å². The number of carbonyl (C=O) groups is 1. The van der Waals surface area contributed by atoms with Gasteiger partial charge in [0, 0.05) is 6.08 Å². The summed E-state index contributed by atoms with van der Waals surface area (Å²) in [5, 5.41) is 8.40. The maximum Gasteiger partial charge on any atom is 0.327 e. The number of hydrogen-bond acceptors (Lipinski definition) is 1. The molecule has 0 heterocycles. The Morgan fingerprint density at radius 2 is 2.07 bits per heavy atom. The van der Waals surface area contributed by atoms with Gasteiger partial charge in [-0.2, -0.15) is 0 Å². The fourth-order valence-electron chi connectivity index (χ4n) is 1.39. The molecule has 0 atom stereocenters. The van der Waals surface area contributed by atoms with Gasteiger partial charge in [0.2, 0.25) is 0 Å². The highest BCUT2D eigenvalue weighted by atomic mass is 16.4. The van der Waals surface area contributed by atoms with E-state index in [0.717, 1.165) is 12.8 Å². The normalized spacial score (nSPS) is 10.8. The molecule has 2 nitrogen and oxygen atoms in total. The Balaban J connectivity index is 2.51. The van der Waals surface area contributed by atoms with E-state index in [-0.39, 0.29) is 0 Å². The van der Waals surface area contributed by atoms with E-state index in [1.807, 2.05) is 0 Å². The lowest BCUT2D eigenvalue weighted by atomic mass is 10.0. The summed E-state index contributed by atoms with van der Waals surface area (Å²) in [6.45, 7) is 4.18. The summed E-state index contributed by atoms with van der Waals surface area (Å²) in [5.41, 5.74) is 3.84. The summed E-state index contributed by atoms with van der Waals surface area (Å²) in [6, 6.07) is 6.35. The van der Waals surface area contributed by atoms with E-state index in [2.05, 4.69) is 32.0 Å². The third-order valence-corrected chi connectivity index (χ3v) is 2.43.